The Bertz CT molecular complexity index is 1320. The number of nitrogens with zero attached hydrogens (tertiary/aromatic N) is 4. The summed E-state index contributed by atoms with van der Waals surface area (Å²) in [7, 11) is 1.63. The van der Waals surface area contributed by atoms with E-state index in [4.69, 9.17) is 9.47 Å². The highest BCUT2D eigenvalue weighted by atomic mass is 16.5. The first-order chi connectivity index (χ1) is 17.1. The van der Waals surface area contributed by atoms with Crippen LogP contribution in [0.25, 0.3) is 0 Å². The average Bonchev–Trinajstić information content (AvgIpc) is 3.59. The molecule has 0 saturated heterocycles. The van der Waals surface area contributed by atoms with E-state index in [0.717, 1.165) is 29.7 Å². The van der Waals surface area contributed by atoms with E-state index in [1.165, 1.54) is 12.8 Å². The monoisotopic (exact) mass is 470 g/mol. The van der Waals surface area contributed by atoms with E-state index >= 15 is 0 Å². The Morgan fingerprint density at radius 1 is 0.943 bits per heavy atom. The minimum atomic E-state index is -0.0825. The van der Waals surface area contributed by atoms with Crippen molar-refractivity contribution in [3.63, 3.8) is 0 Å². The molecule has 4 heterocycles. The van der Waals surface area contributed by atoms with Crippen molar-refractivity contribution in [1.82, 2.24) is 14.9 Å². The number of methoxy groups -OCH3 is 1. The lowest BCUT2D eigenvalue weighted by Gasteiger charge is -2.20. The first-order valence-electron chi connectivity index (χ1n) is 12.0. The highest BCUT2D eigenvalue weighted by Gasteiger charge is 2.32. The molecule has 2 amide bonds. The molecule has 0 spiro atoms. The van der Waals surface area contributed by atoms with Gasteiger partial charge in [-0.2, -0.15) is 0 Å². The van der Waals surface area contributed by atoms with E-state index in [0.29, 0.717) is 48.0 Å². The Kier molecular flexibility index (Phi) is 5.36. The molecule has 1 saturated carbocycles. The van der Waals surface area contributed by atoms with Crippen molar-refractivity contribution in [3.8, 4) is 11.5 Å². The second kappa shape index (κ2) is 8.69. The van der Waals surface area contributed by atoms with Crippen LogP contribution in [0.5, 0.6) is 11.5 Å². The molecule has 3 aromatic rings. The van der Waals surface area contributed by atoms with Crippen molar-refractivity contribution in [3.05, 3.63) is 76.9 Å². The van der Waals surface area contributed by atoms with Gasteiger partial charge < -0.3 is 19.3 Å². The SMILES string of the molecule is COc1ccc(N2Cc3cnc(CN4Cc5cnccc5C4=O)cc3C2=O)cc1OC1CCCC1. The molecule has 178 valence electrons. The minimum absolute atomic E-state index is 0.0364. The molecule has 35 heavy (non-hydrogen) atoms. The highest BCUT2D eigenvalue weighted by Crippen LogP contribution is 2.37. The van der Waals surface area contributed by atoms with E-state index in [2.05, 4.69) is 9.97 Å². The third-order valence-electron chi connectivity index (χ3n) is 7.04. The molecular weight excluding hydrogens is 444 g/mol. The Hall–Kier alpha value is -3.94. The van der Waals surface area contributed by atoms with E-state index < -0.39 is 0 Å². The molecule has 0 bridgehead atoms. The molecule has 2 aliphatic heterocycles. The number of carbonyl (C=O) groups is 2. The summed E-state index contributed by atoms with van der Waals surface area (Å²) in [5.74, 6) is 1.22. The number of amides is 2. The number of carbonyl (C=O) groups excluding carboxylic acids is 2. The summed E-state index contributed by atoms with van der Waals surface area (Å²) in [5.41, 5.74) is 4.53. The number of rotatable bonds is 6. The van der Waals surface area contributed by atoms with Gasteiger partial charge in [-0.05, 0) is 49.9 Å². The van der Waals surface area contributed by atoms with Crippen LogP contribution in [-0.4, -0.2) is 39.9 Å². The predicted molar refractivity (Wildman–Crippen MR) is 128 cm³/mol. The zero-order chi connectivity index (χ0) is 23.9. The van der Waals surface area contributed by atoms with Crippen LogP contribution in [0.3, 0.4) is 0 Å². The van der Waals surface area contributed by atoms with Crippen molar-refractivity contribution in [2.75, 3.05) is 12.0 Å². The van der Waals surface area contributed by atoms with Crippen LogP contribution in [0.1, 0.15) is 63.2 Å². The van der Waals surface area contributed by atoms with Crippen LogP contribution in [0.4, 0.5) is 5.69 Å². The van der Waals surface area contributed by atoms with Crippen molar-refractivity contribution in [1.29, 1.82) is 0 Å². The van der Waals surface area contributed by atoms with Gasteiger partial charge in [0.25, 0.3) is 11.8 Å². The van der Waals surface area contributed by atoms with Crippen molar-refractivity contribution in [2.45, 2.75) is 51.4 Å². The zero-order valence-electron chi connectivity index (χ0n) is 19.6. The van der Waals surface area contributed by atoms with E-state index in [9.17, 15) is 9.59 Å². The third kappa shape index (κ3) is 3.88. The first kappa shape index (κ1) is 21.6. The number of ether oxygens (including phenoxy) is 2. The number of aromatic nitrogens is 2. The largest absolute Gasteiger partial charge is 0.493 e. The Labute approximate surface area is 203 Å². The standard InChI is InChI=1S/C27H26N4O4/c1-34-24-7-6-20(11-25(24)35-21-4-2-3-5-21)31-15-18-13-29-19(10-23(18)27(31)33)16-30-14-17-12-28-9-8-22(17)26(30)32/h6-13,21H,2-5,14-16H2,1H3. The molecule has 2 aromatic heterocycles. The normalized spacial score (nSPS) is 17.2. The van der Waals surface area contributed by atoms with Gasteiger partial charge in [0.15, 0.2) is 11.5 Å². The molecule has 8 nitrogen and oxygen atoms in total. The summed E-state index contributed by atoms with van der Waals surface area (Å²) in [4.78, 5) is 38.2. The Morgan fingerprint density at radius 3 is 2.57 bits per heavy atom. The van der Waals surface area contributed by atoms with Crippen LogP contribution in [0.2, 0.25) is 0 Å². The molecule has 0 unspecified atom stereocenters. The lowest BCUT2D eigenvalue weighted by molar-refractivity contribution is 0.0764. The third-order valence-corrected chi connectivity index (χ3v) is 7.04. The molecular formula is C27H26N4O4. The number of pyridine rings is 2. The van der Waals surface area contributed by atoms with Crippen molar-refractivity contribution >= 4 is 17.5 Å². The molecule has 6 rings (SSSR count). The smallest absolute Gasteiger partial charge is 0.259 e. The second-order valence-corrected chi connectivity index (χ2v) is 9.28. The minimum Gasteiger partial charge on any atom is -0.493 e. The topological polar surface area (TPSA) is 84.9 Å². The van der Waals surface area contributed by atoms with Gasteiger partial charge in [-0.1, -0.05) is 0 Å². The van der Waals surface area contributed by atoms with Gasteiger partial charge in [0.2, 0.25) is 0 Å². The second-order valence-electron chi connectivity index (χ2n) is 9.28. The molecule has 0 N–H and O–H groups in total. The van der Waals surface area contributed by atoms with Crippen LogP contribution in [-0.2, 0) is 19.6 Å². The number of hydrogen-bond acceptors (Lipinski definition) is 6. The van der Waals surface area contributed by atoms with Crippen LogP contribution in [0.15, 0.2) is 48.9 Å². The lowest BCUT2D eigenvalue weighted by atomic mass is 10.1. The van der Waals surface area contributed by atoms with E-state index in [1.807, 2.05) is 24.3 Å². The van der Waals surface area contributed by atoms with Crippen LogP contribution in [0, 0.1) is 0 Å². The van der Waals surface area contributed by atoms with Crippen LogP contribution < -0.4 is 14.4 Å². The summed E-state index contributed by atoms with van der Waals surface area (Å²) in [6.07, 6.45) is 9.72. The van der Waals surface area contributed by atoms with Gasteiger partial charge in [-0.25, -0.2) is 0 Å². The number of hydrogen-bond donors (Lipinski definition) is 0. The van der Waals surface area contributed by atoms with Gasteiger partial charge in [-0.3, -0.25) is 19.6 Å². The van der Waals surface area contributed by atoms with Gasteiger partial charge in [-0.15, -0.1) is 0 Å². The molecule has 8 heteroatoms. The number of fused-ring (bicyclic) bond motifs is 2. The molecule has 3 aliphatic rings. The number of benzene rings is 1. The van der Waals surface area contributed by atoms with E-state index in [1.54, 1.807) is 41.6 Å². The summed E-state index contributed by atoms with van der Waals surface area (Å²) in [6, 6.07) is 9.18. The fourth-order valence-corrected chi connectivity index (χ4v) is 5.18. The molecule has 0 atom stereocenters. The van der Waals surface area contributed by atoms with E-state index in [-0.39, 0.29) is 17.9 Å². The average molecular weight is 471 g/mol. The summed E-state index contributed by atoms with van der Waals surface area (Å²) < 4.78 is 11.7. The van der Waals surface area contributed by atoms with Crippen molar-refractivity contribution < 1.29 is 19.1 Å². The Balaban J connectivity index is 1.21. The highest BCUT2D eigenvalue weighted by molar-refractivity contribution is 6.10. The quantitative estimate of drug-likeness (QED) is 0.539. The maximum Gasteiger partial charge on any atom is 0.259 e. The van der Waals surface area contributed by atoms with Crippen molar-refractivity contribution in [2.24, 2.45) is 0 Å². The maximum atomic E-state index is 13.4. The molecule has 1 aliphatic carbocycles. The maximum absolute atomic E-state index is 13.4. The van der Waals surface area contributed by atoms with Gasteiger partial charge >= 0.3 is 0 Å². The number of anilines is 1. The summed E-state index contributed by atoms with van der Waals surface area (Å²) in [5, 5.41) is 0. The fraction of sp³-hybridized carbons (Fsp3) is 0.333. The predicted octanol–water partition coefficient (Wildman–Crippen LogP) is 4.12. The Morgan fingerprint density at radius 2 is 1.77 bits per heavy atom. The van der Waals surface area contributed by atoms with Gasteiger partial charge in [0.05, 0.1) is 32.0 Å². The van der Waals surface area contributed by atoms with Gasteiger partial charge in [0.1, 0.15) is 0 Å². The summed E-state index contributed by atoms with van der Waals surface area (Å²) >= 11 is 0. The fourth-order valence-electron chi connectivity index (χ4n) is 5.18. The zero-order valence-corrected chi connectivity index (χ0v) is 19.6. The molecule has 1 aromatic carbocycles. The molecule has 0 radical (unpaired) electrons. The summed E-state index contributed by atoms with van der Waals surface area (Å²) in [6.45, 7) is 1.28. The van der Waals surface area contributed by atoms with Gasteiger partial charge in [0, 0.05) is 59.1 Å². The lowest BCUT2D eigenvalue weighted by Crippen LogP contribution is -2.24. The first-order valence-corrected chi connectivity index (χ1v) is 12.0. The van der Waals surface area contributed by atoms with Crippen LogP contribution >= 0.6 is 0 Å². The molecule has 1 fully saturated rings.